The van der Waals surface area contributed by atoms with Crippen LogP contribution >= 0.6 is 0 Å². The maximum atomic E-state index is 10.2. The van der Waals surface area contributed by atoms with Gasteiger partial charge in [-0.1, -0.05) is 117 Å². The van der Waals surface area contributed by atoms with Gasteiger partial charge in [-0.15, -0.1) is 0 Å². The molecular formula is C75H126O5. The van der Waals surface area contributed by atoms with Gasteiger partial charge in [-0.05, 0) is 322 Å². The Labute approximate surface area is 492 Å². The highest BCUT2D eigenvalue weighted by Gasteiger charge is 2.62. The Hall–Kier alpha value is -0.980. The van der Waals surface area contributed by atoms with Gasteiger partial charge in [-0.3, -0.25) is 0 Å². The monoisotopic (exact) mass is 1110 g/mol. The number of unbranched alkanes of at least 4 members (excludes halogenated alkanes) is 1. The van der Waals surface area contributed by atoms with Gasteiger partial charge in [0.1, 0.15) is 0 Å². The molecule has 0 spiro atoms. The molecule has 0 aromatic rings. The van der Waals surface area contributed by atoms with E-state index in [4.69, 9.17) is 0 Å². The normalized spacial score (nSPS) is 47.7. The van der Waals surface area contributed by atoms with Gasteiger partial charge in [-0.2, -0.15) is 0 Å². The van der Waals surface area contributed by atoms with Crippen LogP contribution in [0.15, 0.2) is 34.9 Å². The van der Waals surface area contributed by atoms with Crippen LogP contribution in [0.4, 0.5) is 0 Å². The average Bonchev–Trinajstić information content (AvgIpc) is 4.12. The molecule has 0 radical (unpaired) electrons. The van der Waals surface area contributed by atoms with Crippen LogP contribution in [-0.4, -0.2) is 55.5 Å². The number of hydrogen-bond acceptors (Lipinski definition) is 5. The lowest BCUT2D eigenvalue weighted by atomic mass is 9.47. The summed E-state index contributed by atoms with van der Waals surface area (Å²) in [6, 6.07) is 0. The zero-order chi connectivity index (χ0) is 57.3. The number of allylic oxidation sites excluding steroid dienone is 3. The maximum Gasteiger partial charge on any atom is 0.0591 e. The predicted molar refractivity (Wildman–Crippen MR) is 332 cm³/mol. The zero-order valence-corrected chi connectivity index (χ0v) is 53.9. The first kappa shape index (κ1) is 62.1. The number of fused-ring (bicyclic) bond motifs is 15. The summed E-state index contributed by atoms with van der Waals surface area (Å²) in [4.78, 5) is 0. The average molecular weight is 1110 g/mol. The summed E-state index contributed by atoms with van der Waals surface area (Å²) in [6.45, 7) is 28.7. The number of aliphatic hydroxyl groups is 5. The second kappa shape index (κ2) is 24.3. The quantitative estimate of drug-likeness (QED) is 0.125. The van der Waals surface area contributed by atoms with Crippen molar-refractivity contribution in [3.05, 3.63) is 34.9 Å². The molecule has 0 amide bonds. The molecule has 12 aliphatic carbocycles. The van der Waals surface area contributed by atoms with Gasteiger partial charge in [0.2, 0.25) is 0 Å². The largest absolute Gasteiger partial charge is 0.393 e. The smallest absolute Gasteiger partial charge is 0.0591 e. The Morgan fingerprint density at radius 3 is 1.41 bits per heavy atom. The summed E-state index contributed by atoms with van der Waals surface area (Å²) < 4.78 is 0. The second-order valence-electron chi connectivity index (χ2n) is 33.8. The standard InChI is InChI=1S/2C25H42O2.C25H42O/c1-16(11-13-24(2,3)27)22-9-10-23-21-7-5-17-15-18(26)6-8-19(17)20(21)12-14-25(22,23)4;1-16(5-6-17(2)26)21-9-10-22-20-8-7-18-15-19(27)11-13-24(18,3)23(20)12-14-25(21,22)4;1-5-6-7-17(2)21-10-11-22-20-9-8-18-16-19(26)12-14-24(18,3)23(20)13-15-25(21,22)4/h5,16,18-23,26-27H,6-15H2,1-4H3;7,16-17,19-23,26-27H,5-6,8-15H2,1-4H3;8,17,19-23,26H,5-7,9-16H2,1-4H3/t16?,18-,19-,20?,21?,22+,23?,25+;16?,17?,19-,20?,21+,22?,23?,24-,25+;17?,19-,20?,21+,22?,23?,24-,25+/m000/s1. The number of rotatable bonds is 12. The zero-order valence-electron chi connectivity index (χ0n) is 53.9. The third-order valence-corrected chi connectivity index (χ3v) is 29.1. The molecule has 5 N–H and O–H groups in total. The third kappa shape index (κ3) is 11.7. The fourth-order valence-corrected chi connectivity index (χ4v) is 24.7. The lowest BCUT2D eigenvalue weighted by molar-refractivity contribution is -0.0577. The minimum Gasteiger partial charge on any atom is -0.393 e. The van der Waals surface area contributed by atoms with Crippen LogP contribution < -0.4 is 0 Å². The minimum absolute atomic E-state index is 0.0741. The Morgan fingerprint density at radius 1 is 0.475 bits per heavy atom. The van der Waals surface area contributed by atoms with Crippen molar-refractivity contribution in [2.75, 3.05) is 0 Å². The van der Waals surface area contributed by atoms with Crippen LogP contribution in [0.1, 0.15) is 282 Å². The summed E-state index contributed by atoms with van der Waals surface area (Å²) >= 11 is 0. The Balaban J connectivity index is 0.000000135. The van der Waals surface area contributed by atoms with Crippen molar-refractivity contribution < 1.29 is 25.5 Å². The van der Waals surface area contributed by atoms with E-state index in [1.54, 1.807) is 16.7 Å². The molecule has 12 aliphatic rings. The first-order valence-electron chi connectivity index (χ1n) is 35.4. The van der Waals surface area contributed by atoms with E-state index in [1.165, 1.54) is 141 Å². The van der Waals surface area contributed by atoms with E-state index in [0.717, 1.165) is 152 Å². The van der Waals surface area contributed by atoms with Crippen LogP contribution in [0.2, 0.25) is 0 Å². The predicted octanol–water partition coefficient (Wildman–Crippen LogP) is 18.2. The Bertz CT molecular complexity index is 2180. The van der Waals surface area contributed by atoms with Gasteiger partial charge >= 0.3 is 0 Å². The molecule has 5 nitrogen and oxygen atoms in total. The van der Waals surface area contributed by atoms with Crippen LogP contribution in [-0.2, 0) is 0 Å². The van der Waals surface area contributed by atoms with Crippen molar-refractivity contribution in [2.24, 2.45) is 122 Å². The van der Waals surface area contributed by atoms with Crippen molar-refractivity contribution in [2.45, 2.75) is 312 Å². The Kier molecular flexibility index (Phi) is 18.9. The van der Waals surface area contributed by atoms with Gasteiger partial charge < -0.3 is 25.5 Å². The van der Waals surface area contributed by atoms with Crippen molar-refractivity contribution in [1.29, 1.82) is 0 Å². The van der Waals surface area contributed by atoms with Gasteiger partial charge in [0.05, 0.1) is 30.0 Å². The summed E-state index contributed by atoms with van der Waals surface area (Å²) in [5.41, 5.74) is 6.67. The van der Waals surface area contributed by atoms with Crippen molar-refractivity contribution >= 4 is 0 Å². The fraction of sp³-hybridized carbons (Fsp3) is 0.920. The first-order valence-corrected chi connectivity index (χ1v) is 35.4. The summed E-state index contributed by atoms with van der Waals surface area (Å²) in [5.74, 6) is 13.8. The molecular weight excluding hydrogens is 981 g/mol. The molecule has 0 bridgehead atoms. The highest BCUT2D eigenvalue weighted by atomic mass is 16.3. The molecule has 9 fully saturated rings. The van der Waals surface area contributed by atoms with Gasteiger partial charge in [0.25, 0.3) is 0 Å². The third-order valence-electron chi connectivity index (χ3n) is 29.1. The molecule has 5 heteroatoms. The maximum absolute atomic E-state index is 10.2. The minimum atomic E-state index is -0.527. The van der Waals surface area contributed by atoms with Crippen molar-refractivity contribution in [3.8, 4) is 0 Å². The van der Waals surface area contributed by atoms with Gasteiger partial charge in [0, 0.05) is 0 Å². The molecule has 9 saturated carbocycles. The molecule has 0 aromatic heterocycles. The highest BCUT2D eigenvalue weighted by Crippen LogP contribution is 2.70. The molecule has 456 valence electrons. The fourth-order valence-electron chi connectivity index (χ4n) is 24.7. The SMILES string of the molecule is CC(CCC(C)(C)O)[C@H]1CCC2C3CC=C4C[C@@H](O)CC[C@@H]4C3CC[C@@]21C.CC(O)CCC(C)[C@H]1CCC2C3CC=C4C[C@@H](O)CC[C@]4(C)C3CC[C@@]21C.CCCCC(C)[C@H]1CCC2C3CC=C4C[C@@H](O)CC[C@]4(C)C3CC[C@@]21C. The first-order chi connectivity index (χ1) is 37.8. The lowest BCUT2D eigenvalue weighted by Crippen LogP contribution is -2.50. The molecule has 0 saturated heterocycles. The van der Waals surface area contributed by atoms with Gasteiger partial charge in [0.15, 0.2) is 0 Å². The molecule has 0 heterocycles. The molecule has 13 unspecified atom stereocenters. The second-order valence-corrected chi connectivity index (χ2v) is 33.8. The lowest BCUT2D eigenvalue weighted by Gasteiger charge is -2.58. The topological polar surface area (TPSA) is 101 Å². The summed E-state index contributed by atoms with van der Waals surface area (Å²) in [5, 5.41) is 50.3. The molecule has 12 rings (SSSR count). The van der Waals surface area contributed by atoms with Gasteiger partial charge in [-0.25, -0.2) is 0 Å². The van der Waals surface area contributed by atoms with E-state index >= 15 is 0 Å². The van der Waals surface area contributed by atoms with E-state index in [0.29, 0.717) is 27.1 Å². The van der Waals surface area contributed by atoms with Crippen LogP contribution in [0, 0.1) is 122 Å². The van der Waals surface area contributed by atoms with Crippen molar-refractivity contribution in [3.63, 3.8) is 0 Å². The van der Waals surface area contributed by atoms with E-state index in [1.807, 2.05) is 20.8 Å². The van der Waals surface area contributed by atoms with Crippen LogP contribution in [0.25, 0.3) is 0 Å². The van der Waals surface area contributed by atoms with E-state index in [9.17, 15) is 25.5 Å². The molecule has 0 aliphatic heterocycles. The molecule has 25 atom stereocenters. The highest BCUT2D eigenvalue weighted by molar-refractivity contribution is 5.27. The molecule has 80 heavy (non-hydrogen) atoms. The molecule has 0 aromatic carbocycles. The van der Waals surface area contributed by atoms with E-state index in [-0.39, 0.29) is 24.4 Å². The Morgan fingerprint density at radius 2 is 0.925 bits per heavy atom. The number of hydrogen-bond donors (Lipinski definition) is 5. The van der Waals surface area contributed by atoms with Crippen LogP contribution in [0.3, 0.4) is 0 Å². The van der Waals surface area contributed by atoms with Crippen molar-refractivity contribution in [1.82, 2.24) is 0 Å². The van der Waals surface area contributed by atoms with E-state index in [2.05, 4.69) is 80.5 Å². The summed E-state index contributed by atoms with van der Waals surface area (Å²) in [7, 11) is 0. The van der Waals surface area contributed by atoms with E-state index < -0.39 is 5.60 Å². The summed E-state index contributed by atoms with van der Waals surface area (Å²) in [6.07, 6.45) is 46.2. The van der Waals surface area contributed by atoms with Crippen LogP contribution in [0.5, 0.6) is 0 Å². The number of aliphatic hydroxyl groups excluding tert-OH is 4.